The number of hydrogen-bond donors (Lipinski definition) is 1. The van der Waals surface area contributed by atoms with E-state index >= 15 is 0 Å². The molecule has 24 heavy (non-hydrogen) atoms. The monoisotopic (exact) mass is 328 g/mol. The molecule has 8 nitrogen and oxygen atoms in total. The van der Waals surface area contributed by atoms with Crippen LogP contribution in [0.5, 0.6) is 17.2 Å². The Morgan fingerprint density at radius 1 is 1.04 bits per heavy atom. The van der Waals surface area contributed by atoms with E-state index in [1.807, 2.05) is 0 Å². The molecule has 0 radical (unpaired) electrons. The summed E-state index contributed by atoms with van der Waals surface area (Å²) in [5.74, 6) is 1.93. The molecule has 0 fully saturated rings. The summed E-state index contributed by atoms with van der Waals surface area (Å²) < 4.78 is 17.2. The van der Waals surface area contributed by atoms with E-state index in [2.05, 4.69) is 15.1 Å². The smallest absolute Gasteiger partial charge is 0.274 e. The van der Waals surface area contributed by atoms with Gasteiger partial charge in [-0.1, -0.05) is 6.08 Å². The van der Waals surface area contributed by atoms with Gasteiger partial charge >= 0.3 is 0 Å². The van der Waals surface area contributed by atoms with Gasteiger partial charge in [-0.05, 0) is 23.8 Å². The Morgan fingerprint density at radius 2 is 1.75 bits per heavy atom. The summed E-state index contributed by atoms with van der Waals surface area (Å²) in [6.45, 7) is 0. The summed E-state index contributed by atoms with van der Waals surface area (Å²) in [5, 5.41) is 2.69. The largest absolute Gasteiger partial charge is 0.493 e. The Morgan fingerprint density at radius 3 is 2.38 bits per heavy atom. The molecule has 0 aliphatic carbocycles. The maximum absolute atomic E-state index is 11.9. The molecule has 0 saturated heterocycles. The van der Waals surface area contributed by atoms with E-state index < -0.39 is 0 Å². The molecular weight excluding hydrogens is 312 g/mol. The zero-order chi connectivity index (χ0) is 17.1. The van der Waals surface area contributed by atoms with E-state index in [1.54, 1.807) is 45.6 Å². The SMILES string of the molecule is COc1cc(/C=C/c2cc(=O)n3[nH]cnc3n2)cc(OC)c1OC. The van der Waals surface area contributed by atoms with Crippen molar-refractivity contribution in [1.82, 2.24) is 19.6 Å². The van der Waals surface area contributed by atoms with Gasteiger partial charge in [-0.3, -0.25) is 9.89 Å². The lowest BCUT2D eigenvalue weighted by Crippen LogP contribution is -2.14. The van der Waals surface area contributed by atoms with Crippen LogP contribution in [0, 0.1) is 0 Å². The Kier molecular flexibility index (Phi) is 4.19. The van der Waals surface area contributed by atoms with Crippen LogP contribution in [0.25, 0.3) is 17.9 Å². The number of rotatable bonds is 5. The molecule has 1 aromatic carbocycles. The zero-order valence-electron chi connectivity index (χ0n) is 13.4. The maximum atomic E-state index is 11.9. The van der Waals surface area contributed by atoms with Gasteiger partial charge in [0.05, 0.1) is 27.0 Å². The number of nitrogens with zero attached hydrogens (tertiary/aromatic N) is 3. The van der Waals surface area contributed by atoms with Crippen LogP contribution in [-0.4, -0.2) is 40.9 Å². The fourth-order valence-electron chi connectivity index (χ4n) is 2.30. The van der Waals surface area contributed by atoms with Gasteiger partial charge in [0, 0.05) is 6.07 Å². The molecule has 0 bridgehead atoms. The number of benzene rings is 1. The average Bonchev–Trinajstić information content (AvgIpc) is 3.08. The van der Waals surface area contributed by atoms with Crippen LogP contribution in [0.2, 0.25) is 0 Å². The number of fused-ring (bicyclic) bond motifs is 1. The van der Waals surface area contributed by atoms with Crippen molar-refractivity contribution >= 4 is 17.9 Å². The molecule has 2 aromatic heterocycles. The molecule has 0 aliphatic rings. The third-order valence-electron chi connectivity index (χ3n) is 3.42. The third kappa shape index (κ3) is 2.81. The summed E-state index contributed by atoms with van der Waals surface area (Å²) in [6.07, 6.45) is 4.93. The van der Waals surface area contributed by atoms with Gasteiger partial charge < -0.3 is 14.2 Å². The number of hydrogen-bond acceptors (Lipinski definition) is 6. The van der Waals surface area contributed by atoms with E-state index in [-0.39, 0.29) is 5.56 Å². The Hall–Kier alpha value is -3.29. The fraction of sp³-hybridized carbons (Fsp3) is 0.188. The van der Waals surface area contributed by atoms with Crippen molar-refractivity contribution in [2.24, 2.45) is 0 Å². The van der Waals surface area contributed by atoms with Crippen LogP contribution in [0.3, 0.4) is 0 Å². The molecule has 0 amide bonds. The van der Waals surface area contributed by atoms with Crippen LogP contribution < -0.4 is 19.8 Å². The summed E-state index contributed by atoms with van der Waals surface area (Å²) in [6, 6.07) is 5.02. The topological polar surface area (TPSA) is 90.7 Å². The van der Waals surface area contributed by atoms with Gasteiger partial charge in [-0.25, -0.2) is 9.97 Å². The van der Waals surface area contributed by atoms with Gasteiger partial charge in [0.25, 0.3) is 11.3 Å². The van der Waals surface area contributed by atoms with Crippen LogP contribution in [0.4, 0.5) is 0 Å². The van der Waals surface area contributed by atoms with Crippen molar-refractivity contribution in [3.05, 3.63) is 46.1 Å². The van der Waals surface area contributed by atoms with Crippen molar-refractivity contribution in [2.45, 2.75) is 0 Å². The van der Waals surface area contributed by atoms with Gasteiger partial charge in [0.1, 0.15) is 6.33 Å². The summed E-state index contributed by atoms with van der Waals surface area (Å²) in [7, 11) is 4.66. The highest BCUT2D eigenvalue weighted by Gasteiger charge is 2.12. The minimum absolute atomic E-state index is 0.234. The average molecular weight is 328 g/mol. The van der Waals surface area contributed by atoms with Crippen LogP contribution in [0.15, 0.2) is 29.3 Å². The molecule has 2 heterocycles. The van der Waals surface area contributed by atoms with Gasteiger partial charge in [-0.2, -0.15) is 4.52 Å². The first-order valence-corrected chi connectivity index (χ1v) is 7.07. The number of methoxy groups -OCH3 is 3. The second-order valence-corrected chi connectivity index (χ2v) is 4.83. The first-order chi connectivity index (χ1) is 11.7. The Balaban J connectivity index is 1.99. The van der Waals surface area contributed by atoms with E-state index in [9.17, 15) is 4.79 Å². The fourth-order valence-corrected chi connectivity index (χ4v) is 2.30. The van der Waals surface area contributed by atoms with Crippen molar-refractivity contribution in [2.75, 3.05) is 21.3 Å². The van der Waals surface area contributed by atoms with Crippen molar-refractivity contribution in [3.63, 3.8) is 0 Å². The predicted molar refractivity (Wildman–Crippen MR) is 88.6 cm³/mol. The van der Waals surface area contributed by atoms with E-state index in [1.165, 1.54) is 16.9 Å². The third-order valence-corrected chi connectivity index (χ3v) is 3.42. The molecule has 0 unspecified atom stereocenters. The standard InChI is InChI=1S/C16H16N4O4/c1-22-12-6-10(7-13(23-2)15(12)24-3)4-5-11-8-14(21)20-16(19-11)17-9-18-20/h4-9H,1-3H3,(H,17,18,19)/b5-4+. The normalized spacial score (nSPS) is 11.1. The molecule has 3 aromatic rings. The maximum Gasteiger partial charge on any atom is 0.274 e. The molecule has 0 atom stereocenters. The minimum atomic E-state index is -0.234. The van der Waals surface area contributed by atoms with Crippen LogP contribution in [-0.2, 0) is 0 Å². The molecule has 124 valence electrons. The Labute approximate surface area is 137 Å². The molecule has 0 saturated carbocycles. The summed E-state index contributed by atoms with van der Waals surface area (Å²) >= 11 is 0. The summed E-state index contributed by atoms with van der Waals surface area (Å²) in [4.78, 5) is 20.2. The molecular formula is C16H16N4O4. The lowest BCUT2D eigenvalue weighted by Gasteiger charge is -2.12. The van der Waals surface area contributed by atoms with Crippen LogP contribution >= 0.6 is 0 Å². The first-order valence-electron chi connectivity index (χ1n) is 7.07. The highest BCUT2D eigenvalue weighted by atomic mass is 16.5. The molecule has 3 rings (SSSR count). The highest BCUT2D eigenvalue weighted by Crippen LogP contribution is 2.38. The lowest BCUT2D eigenvalue weighted by atomic mass is 10.1. The second kappa shape index (κ2) is 6.45. The first kappa shape index (κ1) is 15.6. The van der Waals surface area contributed by atoms with E-state index in [4.69, 9.17) is 14.2 Å². The van der Waals surface area contributed by atoms with Gasteiger partial charge in [-0.15, -0.1) is 0 Å². The van der Waals surface area contributed by atoms with Crippen molar-refractivity contribution in [3.8, 4) is 17.2 Å². The van der Waals surface area contributed by atoms with Crippen molar-refractivity contribution < 1.29 is 14.2 Å². The highest BCUT2D eigenvalue weighted by molar-refractivity contribution is 5.71. The quantitative estimate of drug-likeness (QED) is 0.765. The predicted octanol–water partition coefficient (Wildman–Crippen LogP) is 1.61. The second-order valence-electron chi connectivity index (χ2n) is 4.83. The molecule has 0 spiro atoms. The number of ether oxygens (including phenoxy) is 3. The van der Waals surface area contributed by atoms with Gasteiger partial charge in [0.2, 0.25) is 5.75 Å². The number of aromatic amines is 1. The van der Waals surface area contributed by atoms with Crippen molar-refractivity contribution in [1.29, 1.82) is 0 Å². The number of H-pyrrole nitrogens is 1. The number of aromatic nitrogens is 4. The van der Waals surface area contributed by atoms with E-state index in [0.29, 0.717) is 28.7 Å². The van der Waals surface area contributed by atoms with Crippen LogP contribution in [0.1, 0.15) is 11.3 Å². The Bertz CT molecular complexity index is 933. The minimum Gasteiger partial charge on any atom is -0.493 e. The molecule has 1 N–H and O–H groups in total. The summed E-state index contributed by atoms with van der Waals surface area (Å²) in [5.41, 5.74) is 1.08. The zero-order valence-corrected chi connectivity index (χ0v) is 13.4. The number of nitrogens with one attached hydrogen (secondary N) is 1. The molecule has 8 heteroatoms. The molecule has 0 aliphatic heterocycles. The lowest BCUT2D eigenvalue weighted by molar-refractivity contribution is 0.324. The van der Waals surface area contributed by atoms with E-state index in [0.717, 1.165) is 5.56 Å². The van der Waals surface area contributed by atoms with Gasteiger partial charge in [0.15, 0.2) is 11.5 Å².